The van der Waals surface area contributed by atoms with Gasteiger partial charge in [0, 0.05) is 12.2 Å². The van der Waals surface area contributed by atoms with E-state index < -0.39 is 22.2 Å². The molecule has 2 atom stereocenters. The molecule has 2 unspecified atom stereocenters. The second-order valence-electron chi connectivity index (χ2n) is 7.67. The van der Waals surface area contributed by atoms with Crippen molar-refractivity contribution in [1.82, 2.24) is 4.90 Å². The van der Waals surface area contributed by atoms with Crippen molar-refractivity contribution in [2.75, 3.05) is 17.9 Å². The van der Waals surface area contributed by atoms with Crippen LogP contribution in [0.1, 0.15) is 17.2 Å². The predicted octanol–water partition coefficient (Wildman–Crippen LogP) is 3.09. The summed E-state index contributed by atoms with van der Waals surface area (Å²) >= 11 is 0. The Hall–Kier alpha value is -3.27. The molecule has 1 saturated heterocycles. The normalized spacial score (nSPS) is 18.8. The van der Waals surface area contributed by atoms with E-state index in [0.29, 0.717) is 11.3 Å². The van der Waals surface area contributed by atoms with Gasteiger partial charge < -0.3 is 14.7 Å². The first-order valence-corrected chi connectivity index (χ1v) is 11.8. The summed E-state index contributed by atoms with van der Waals surface area (Å²) in [6.45, 7) is -0.288. The maximum Gasteiger partial charge on any atom is 0.261 e. The van der Waals surface area contributed by atoms with Crippen LogP contribution in [0.25, 0.3) is 0 Å². The molecule has 2 N–H and O–H groups in total. The van der Waals surface area contributed by atoms with Gasteiger partial charge in [-0.05, 0) is 47.5 Å². The Kier molecular flexibility index (Phi) is 6.73. The lowest BCUT2D eigenvalue weighted by Crippen LogP contribution is -2.52. The zero-order valence-corrected chi connectivity index (χ0v) is 18.4. The number of rotatable bonds is 7. The van der Waals surface area contributed by atoms with Gasteiger partial charge in [-0.15, -0.1) is 0 Å². The third kappa shape index (κ3) is 5.22. The first-order chi connectivity index (χ1) is 15.9. The molecule has 0 radical (unpaired) electrons. The van der Waals surface area contributed by atoms with E-state index >= 15 is 0 Å². The van der Waals surface area contributed by atoms with E-state index in [0.717, 1.165) is 5.56 Å². The first kappa shape index (κ1) is 22.9. The molecule has 0 saturated carbocycles. The maximum atomic E-state index is 13.2. The van der Waals surface area contributed by atoms with Gasteiger partial charge in [0.2, 0.25) is 5.91 Å². The van der Waals surface area contributed by atoms with Crippen molar-refractivity contribution in [1.29, 1.82) is 0 Å². The third-order valence-electron chi connectivity index (χ3n) is 5.45. The van der Waals surface area contributed by atoms with Crippen LogP contribution in [0.5, 0.6) is 0 Å². The predicted molar refractivity (Wildman–Crippen MR) is 120 cm³/mol. The Morgan fingerprint density at radius 3 is 2.30 bits per heavy atom. The number of morpholine rings is 1. The topological polar surface area (TPSA) is 95.9 Å². The van der Waals surface area contributed by atoms with E-state index in [-0.39, 0.29) is 36.4 Å². The van der Waals surface area contributed by atoms with Crippen LogP contribution in [0.3, 0.4) is 0 Å². The van der Waals surface area contributed by atoms with Gasteiger partial charge in [0.25, 0.3) is 10.0 Å². The highest BCUT2D eigenvalue weighted by Gasteiger charge is 2.37. The van der Waals surface area contributed by atoms with E-state index in [1.807, 2.05) is 0 Å². The van der Waals surface area contributed by atoms with Crippen molar-refractivity contribution in [3.8, 4) is 0 Å². The number of aliphatic hydroxyl groups is 1. The Balaban J connectivity index is 1.51. The van der Waals surface area contributed by atoms with E-state index in [4.69, 9.17) is 4.74 Å². The van der Waals surface area contributed by atoms with Crippen LogP contribution >= 0.6 is 0 Å². The fourth-order valence-electron chi connectivity index (χ4n) is 3.76. The quantitative estimate of drug-likeness (QED) is 0.553. The maximum absolute atomic E-state index is 13.2. The third-order valence-corrected chi connectivity index (χ3v) is 6.85. The number of hydrogen-bond acceptors (Lipinski definition) is 5. The SMILES string of the molecule is O=C1COC(c2ccc(NS(=O)(=O)c3ccccc3)cc2)C(CO)N1Cc1ccc(F)cc1. The number of aliphatic hydroxyl groups excluding tert-OH is 1. The van der Waals surface area contributed by atoms with Crippen LogP contribution in [-0.2, 0) is 26.1 Å². The molecule has 33 heavy (non-hydrogen) atoms. The van der Waals surface area contributed by atoms with Gasteiger partial charge in [-0.2, -0.15) is 0 Å². The molecule has 1 amide bonds. The van der Waals surface area contributed by atoms with Crippen LogP contribution in [0, 0.1) is 5.82 Å². The van der Waals surface area contributed by atoms with Crippen molar-refractivity contribution in [2.24, 2.45) is 0 Å². The zero-order chi connectivity index (χ0) is 23.4. The van der Waals surface area contributed by atoms with Gasteiger partial charge in [0.1, 0.15) is 18.5 Å². The van der Waals surface area contributed by atoms with Crippen LogP contribution < -0.4 is 4.72 Å². The molecule has 1 heterocycles. The minimum atomic E-state index is -3.72. The minimum Gasteiger partial charge on any atom is -0.394 e. The summed E-state index contributed by atoms with van der Waals surface area (Å²) in [5, 5.41) is 10.0. The lowest BCUT2D eigenvalue weighted by molar-refractivity contribution is -0.162. The van der Waals surface area contributed by atoms with E-state index in [1.54, 1.807) is 54.6 Å². The molecule has 1 aliphatic heterocycles. The number of benzene rings is 3. The molecule has 0 bridgehead atoms. The van der Waals surface area contributed by atoms with Crippen molar-refractivity contribution in [3.63, 3.8) is 0 Å². The Morgan fingerprint density at radius 1 is 1.00 bits per heavy atom. The van der Waals surface area contributed by atoms with E-state index in [2.05, 4.69) is 4.72 Å². The minimum absolute atomic E-state index is 0.153. The molecular weight excluding hydrogens is 447 g/mol. The Bertz CT molecular complexity index is 1200. The highest BCUT2D eigenvalue weighted by atomic mass is 32.2. The summed E-state index contributed by atoms with van der Waals surface area (Å²) in [6.07, 6.45) is -0.604. The average molecular weight is 471 g/mol. The molecule has 172 valence electrons. The molecule has 1 aliphatic rings. The van der Waals surface area contributed by atoms with Crippen LogP contribution in [-0.4, -0.2) is 43.6 Å². The second-order valence-corrected chi connectivity index (χ2v) is 9.35. The highest BCUT2D eigenvalue weighted by Crippen LogP contribution is 2.31. The van der Waals surface area contributed by atoms with Gasteiger partial charge in [-0.3, -0.25) is 9.52 Å². The molecule has 3 aromatic carbocycles. The number of nitrogens with one attached hydrogen (secondary N) is 1. The summed E-state index contributed by atoms with van der Waals surface area (Å²) < 4.78 is 46.5. The lowest BCUT2D eigenvalue weighted by atomic mass is 9.98. The molecule has 7 nitrogen and oxygen atoms in total. The smallest absolute Gasteiger partial charge is 0.261 e. The summed E-state index contributed by atoms with van der Waals surface area (Å²) in [5.41, 5.74) is 1.79. The van der Waals surface area contributed by atoms with Crippen molar-refractivity contribution >= 4 is 21.6 Å². The number of ether oxygens (including phenoxy) is 1. The number of carbonyl (C=O) groups excluding carboxylic acids is 1. The fourth-order valence-corrected chi connectivity index (χ4v) is 4.84. The van der Waals surface area contributed by atoms with Gasteiger partial charge >= 0.3 is 0 Å². The molecule has 1 fully saturated rings. The number of carbonyl (C=O) groups is 1. The number of sulfonamides is 1. The lowest BCUT2D eigenvalue weighted by Gasteiger charge is -2.40. The van der Waals surface area contributed by atoms with Gasteiger partial charge in [-0.1, -0.05) is 42.5 Å². The summed E-state index contributed by atoms with van der Waals surface area (Å²) in [6, 6.07) is 19.8. The van der Waals surface area contributed by atoms with Crippen molar-refractivity contribution in [2.45, 2.75) is 23.6 Å². The summed E-state index contributed by atoms with van der Waals surface area (Å²) in [7, 11) is -3.72. The Morgan fingerprint density at radius 2 is 1.67 bits per heavy atom. The van der Waals surface area contributed by atoms with Gasteiger partial charge in [0.05, 0.1) is 17.5 Å². The fraction of sp³-hybridized carbons (Fsp3) is 0.208. The number of hydrogen-bond donors (Lipinski definition) is 2. The molecular formula is C24H23FN2O5S. The monoisotopic (exact) mass is 470 g/mol. The summed E-state index contributed by atoms with van der Waals surface area (Å²) in [5.74, 6) is -0.645. The Labute approximate surface area is 191 Å². The number of anilines is 1. The zero-order valence-electron chi connectivity index (χ0n) is 17.6. The van der Waals surface area contributed by atoms with Crippen LogP contribution in [0.2, 0.25) is 0 Å². The highest BCUT2D eigenvalue weighted by molar-refractivity contribution is 7.92. The number of nitrogens with zero attached hydrogens (tertiary/aromatic N) is 1. The van der Waals surface area contributed by atoms with E-state index in [1.165, 1.54) is 29.2 Å². The molecule has 0 aromatic heterocycles. The van der Waals surface area contributed by atoms with Crippen molar-refractivity contribution in [3.05, 3.63) is 95.8 Å². The molecule has 4 rings (SSSR count). The molecule has 3 aromatic rings. The van der Waals surface area contributed by atoms with E-state index in [9.17, 15) is 22.7 Å². The number of amides is 1. The number of halogens is 1. The molecule has 0 aliphatic carbocycles. The first-order valence-electron chi connectivity index (χ1n) is 10.3. The molecule has 0 spiro atoms. The molecule has 9 heteroatoms. The van der Waals surface area contributed by atoms with Gasteiger partial charge in [0.15, 0.2) is 0 Å². The van der Waals surface area contributed by atoms with Gasteiger partial charge in [-0.25, -0.2) is 12.8 Å². The van der Waals surface area contributed by atoms with Crippen molar-refractivity contribution < 1.29 is 27.4 Å². The summed E-state index contributed by atoms with van der Waals surface area (Å²) in [4.78, 5) is 14.2. The standard InChI is InChI=1S/C24H23FN2O5S/c25-19-10-6-17(7-11-19)14-27-22(15-28)24(32-16-23(27)29)18-8-12-20(13-9-18)26-33(30,31)21-4-2-1-3-5-21/h1-13,22,24,26,28H,14-16H2. The van der Waals surface area contributed by atoms with Crippen LogP contribution in [0.15, 0.2) is 83.8 Å². The van der Waals surface area contributed by atoms with Crippen LogP contribution in [0.4, 0.5) is 10.1 Å². The average Bonchev–Trinajstić information content (AvgIpc) is 2.82. The largest absolute Gasteiger partial charge is 0.394 e. The second kappa shape index (κ2) is 9.70.